The minimum atomic E-state index is -0.0239. The van der Waals surface area contributed by atoms with Crippen LogP contribution in [0.5, 0.6) is 0 Å². The molecule has 1 atom stereocenters. The molecule has 1 aliphatic rings. The largest absolute Gasteiger partial charge is 0.501 e. The predicted molar refractivity (Wildman–Crippen MR) is 67.8 cm³/mol. The Morgan fingerprint density at radius 1 is 1.35 bits per heavy atom. The molecule has 1 aromatic rings. The van der Waals surface area contributed by atoms with E-state index in [9.17, 15) is 4.79 Å². The Morgan fingerprint density at radius 3 is 2.71 bits per heavy atom. The first kappa shape index (κ1) is 11.9. The molecule has 90 valence electrons. The van der Waals surface area contributed by atoms with Gasteiger partial charge in [0.25, 0.3) is 0 Å². The number of ketones is 1. The van der Waals surface area contributed by atoms with Crippen LogP contribution >= 0.6 is 0 Å². The fourth-order valence-corrected chi connectivity index (χ4v) is 2.23. The molecular formula is C15H18O2. The summed E-state index contributed by atoms with van der Waals surface area (Å²) in [6.45, 7) is 2.79. The molecule has 17 heavy (non-hydrogen) atoms. The summed E-state index contributed by atoms with van der Waals surface area (Å²) < 4.78 is 5.25. The maximum atomic E-state index is 12.4. The quantitative estimate of drug-likeness (QED) is 0.792. The van der Waals surface area contributed by atoms with Gasteiger partial charge in [-0.15, -0.1) is 0 Å². The van der Waals surface area contributed by atoms with E-state index in [0.717, 1.165) is 37.0 Å². The van der Waals surface area contributed by atoms with Gasteiger partial charge in [0.1, 0.15) is 0 Å². The van der Waals surface area contributed by atoms with E-state index in [4.69, 9.17) is 4.74 Å². The molecule has 0 fully saturated rings. The lowest BCUT2D eigenvalue weighted by atomic mass is 9.87. The van der Waals surface area contributed by atoms with Gasteiger partial charge in [0.2, 0.25) is 0 Å². The van der Waals surface area contributed by atoms with Crippen molar-refractivity contribution in [3.63, 3.8) is 0 Å². The molecule has 0 saturated heterocycles. The Bertz CT molecular complexity index is 406. The van der Waals surface area contributed by atoms with Crippen molar-refractivity contribution in [1.29, 1.82) is 0 Å². The van der Waals surface area contributed by atoms with Crippen LogP contribution < -0.4 is 0 Å². The standard InChI is InChI=1S/C15H18O2/c1-2-14(12-7-4-3-5-8-12)15(16)13-9-6-10-17-11-13/h3-5,7-8,11,14H,2,6,9-10H2,1H3. The zero-order chi connectivity index (χ0) is 12.1. The van der Waals surface area contributed by atoms with Gasteiger partial charge in [0.15, 0.2) is 5.78 Å². The van der Waals surface area contributed by atoms with E-state index in [2.05, 4.69) is 6.92 Å². The lowest BCUT2D eigenvalue weighted by Gasteiger charge is -2.18. The minimum Gasteiger partial charge on any atom is -0.501 e. The number of carbonyl (C=O) groups excluding carboxylic acids is 1. The molecule has 1 heterocycles. The normalized spacial score (nSPS) is 16.9. The molecule has 0 spiro atoms. The van der Waals surface area contributed by atoms with E-state index >= 15 is 0 Å². The highest BCUT2D eigenvalue weighted by molar-refractivity contribution is 6.00. The molecule has 1 aliphatic heterocycles. The van der Waals surface area contributed by atoms with E-state index in [-0.39, 0.29) is 11.7 Å². The number of ether oxygens (including phenoxy) is 1. The van der Waals surface area contributed by atoms with Crippen LogP contribution in [0.15, 0.2) is 42.2 Å². The molecule has 2 nitrogen and oxygen atoms in total. The number of hydrogen-bond donors (Lipinski definition) is 0. The number of Topliss-reactive ketones (excluding diaryl/α,β-unsaturated/α-hetero) is 1. The summed E-state index contributed by atoms with van der Waals surface area (Å²) in [5, 5.41) is 0. The third-order valence-electron chi connectivity index (χ3n) is 3.18. The summed E-state index contributed by atoms with van der Waals surface area (Å²) in [6, 6.07) is 9.99. The molecule has 0 N–H and O–H groups in total. The van der Waals surface area contributed by atoms with Gasteiger partial charge in [0, 0.05) is 11.5 Å². The monoisotopic (exact) mass is 230 g/mol. The summed E-state index contributed by atoms with van der Waals surface area (Å²) in [5.41, 5.74) is 1.94. The molecule has 0 bridgehead atoms. The van der Waals surface area contributed by atoms with Gasteiger partial charge in [-0.25, -0.2) is 0 Å². The summed E-state index contributed by atoms with van der Waals surface area (Å²) >= 11 is 0. The lowest BCUT2D eigenvalue weighted by molar-refractivity contribution is -0.117. The molecule has 0 saturated carbocycles. The lowest BCUT2D eigenvalue weighted by Crippen LogP contribution is -2.17. The van der Waals surface area contributed by atoms with E-state index in [0.29, 0.717) is 0 Å². The van der Waals surface area contributed by atoms with E-state index < -0.39 is 0 Å². The molecule has 2 rings (SSSR count). The van der Waals surface area contributed by atoms with Crippen LogP contribution in [-0.2, 0) is 9.53 Å². The third kappa shape index (κ3) is 2.76. The second-order valence-electron chi connectivity index (χ2n) is 4.35. The van der Waals surface area contributed by atoms with Gasteiger partial charge >= 0.3 is 0 Å². The van der Waals surface area contributed by atoms with Gasteiger partial charge in [-0.2, -0.15) is 0 Å². The maximum absolute atomic E-state index is 12.4. The van der Waals surface area contributed by atoms with E-state index in [1.165, 1.54) is 0 Å². The number of hydrogen-bond acceptors (Lipinski definition) is 2. The Labute approximate surface area is 102 Å². The topological polar surface area (TPSA) is 26.3 Å². The zero-order valence-corrected chi connectivity index (χ0v) is 10.2. The second kappa shape index (κ2) is 5.67. The molecule has 1 unspecified atom stereocenters. The predicted octanol–water partition coefficient (Wildman–Crippen LogP) is 3.44. The average molecular weight is 230 g/mol. The smallest absolute Gasteiger partial charge is 0.169 e. The molecule has 0 amide bonds. The number of rotatable bonds is 4. The summed E-state index contributed by atoms with van der Waals surface area (Å²) in [5.74, 6) is 0.197. The van der Waals surface area contributed by atoms with Crippen molar-refractivity contribution < 1.29 is 9.53 Å². The molecular weight excluding hydrogens is 212 g/mol. The van der Waals surface area contributed by atoms with Crippen molar-refractivity contribution in [3.05, 3.63) is 47.7 Å². The Hall–Kier alpha value is -1.57. The molecule has 2 heteroatoms. The highest BCUT2D eigenvalue weighted by atomic mass is 16.5. The minimum absolute atomic E-state index is 0.0239. The average Bonchev–Trinajstić information content (AvgIpc) is 2.42. The highest BCUT2D eigenvalue weighted by Gasteiger charge is 2.23. The zero-order valence-electron chi connectivity index (χ0n) is 10.2. The first-order valence-electron chi connectivity index (χ1n) is 6.22. The van der Waals surface area contributed by atoms with Crippen LogP contribution in [0, 0.1) is 0 Å². The summed E-state index contributed by atoms with van der Waals surface area (Å²) in [6.07, 6.45) is 4.28. The van der Waals surface area contributed by atoms with Crippen molar-refractivity contribution in [2.45, 2.75) is 32.1 Å². The van der Waals surface area contributed by atoms with Gasteiger partial charge < -0.3 is 4.74 Å². The Balaban J connectivity index is 2.19. The highest BCUT2D eigenvalue weighted by Crippen LogP contribution is 2.26. The first-order chi connectivity index (χ1) is 8.33. The van der Waals surface area contributed by atoms with Gasteiger partial charge in [0.05, 0.1) is 12.9 Å². The van der Waals surface area contributed by atoms with Crippen LogP contribution in [-0.4, -0.2) is 12.4 Å². The van der Waals surface area contributed by atoms with E-state index in [1.54, 1.807) is 6.26 Å². The molecule has 0 radical (unpaired) electrons. The van der Waals surface area contributed by atoms with E-state index in [1.807, 2.05) is 30.3 Å². The van der Waals surface area contributed by atoms with Gasteiger partial charge in [-0.3, -0.25) is 4.79 Å². The maximum Gasteiger partial charge on any atom is 0.169 e. The van der Waals surface area contributed by atoms with Crippen LogP contribution in [0.25, 0.3) is 0 Å². The summed E-state index contributed by atoms with van der Waals surface area (Å²) in [7, 11) is 0. The molecule has 0 aliphatic carbocycles. The van der Waals surface area contributed by atoms with Crippen molar-refractivity contribution >= 4 is 5.78 Å². The number of allylic oxidation sites excluding steroid dienone is 1. The molecule has 0 aromatic heterocycles. The van der Waals surface area contributed by atoms with Crippen LogP contribution in [0.4, 0.5) is 0 Å². The third-order valence-corrected chi connectivity index (χ3v) is 3.18. The summed E-state index contributed by atoms with van der Waals surface area (Å²) in [4.78, 5) is 12.4. The number of benzene rings is 1. The van der Waals surface area contributed by atoms with Crippen molar-refractivity contribution in [3.8, 4) is 0 Å². The van der Waals surface area contributed by atoms with Crippen LogP contribution in [0.3, 0.4) is 0 Å². The fourth-order valence-electron chi connectivity index (χ4n) is 2.23. The Morgan fingerprint density at radius 2 is 2.12 bits per heavy atom. The van der Waals surface area contributed by atoms with Crippen molar-refractivity contribution in [1.82, 2.24) is 0 Å². The number of carbonyl (C=O) groups is 1. The SMILES string of the molecule is CCC(C(=O)C1=COCCC1)c1ccccc1. The Kier molecular flexibility index (Phi) is 3.97. The van der Waals surface area contributed by atoms with Gasteiger partial charge in [-0.05, 0) is 24.8 Å². The fraction of sp³-hybridized carbons (Fsp3) is 0.400. The van der Waals surface area contributed by atoms with Gasteiger partial charge in [-0.1, -0.05) is 37.3 Å². The van der Waals surface area contributed by atoms with Crippen molar-refractivity contribution in [2.24, 2.45) is 0 Å². The first-order valence-corrected chi connectivity index (χ1v) is 6.22. The second-order valence-corrected chi connectivity index (χ2v) is 4.35. The van der Waals surface area contributed by atoms with Crippen LogP contribution in [0.2, 0.25) is 0 Å². The molecule has 1 aromatic carbocycles. The van der Waals surface area contributed by atoms with Crippen molar-refractivity contribution in [2.75, 3.05) is 6.61 Å². The van der Waals surface area contributed by atoms with Crippen LogP contribution in [0.1, 0.15) is 37.7 Å².